The second kappa shape index (κ2) is 7.03. The lowest BCUT2D eigenvalue weighted by Gasteiger charge is -2.34. The molecular formula is C19H25N5O3. The number of hydrogen-bond donors (Lipinski definition) is 3. The van der Waals surface area contributed by atoms with Crippen molar-refractivity contribution in [1.82, 2.24) is 15.1 Å². The molecule has 0 aliphatic carbocycles. The van der Waals surface area contributed by atoms with Crippen molar-refractivity contribution in [2.75, 3.05) is 13.1 Å². The Labute approximate surface area is 157 Å². The van der Waals surface area contributed by atoms with E-state index in [0.717, 1.165) is 30.6 Å². The van der Waals surface area contributed by atoms with Crippen LogP contribution in [0.25, 0.3) is 0 Å². The molecular weight excluding hydrogens is 346 g/mol. The summed E-state index contributed by atoms with van der Waals surface area (Å²) in [6.07, 6.45) is 1.44. The fourth-order valence-corrected chi connectivity index (χ4v) is 4.47. The number of nitrogens with zero attached hydrogens (tertiary/aromatic N) is 2. The molecule has 3 amide bonds. The number of carbonyl (C=O) groups is 3. The highest BCUT2D eigenvalue weighted by Crippen LogP contribution is 2.30. The SMILES string of the molecule is N[C@H]1C[C@H](N)CN(Cc2cccc3c2C(=O)N(C2CCC(=O)NC2=O)C3)C1. The summed E-state index contributed by atoms with van der Waals surface area (Å²) >= 11 is 0. The van der Waals surface area contributed by atoms with Gasteiger partial charge in [-0.05, 0) is 24.0 Å². The standard InChI is InChI=1S/C19H25N5O3/c20-13-6-14(21)10-23(9-13)7-11-2-1-3-12-8-24(19(27)17(11)12)15-4-5-16(25)22-18(15)26/h1-3,13-15H,4-10,20-21H2,(H,22,25,26)/t13-,14-,15?/m0/s1. The summed E-state index contributed by atoms with van der Waals surface area (Å²) in [6, 6.07) is 5.32. The van der Waals surface area contributed by atoms with Crippen molar-refractivity contribution in [3.63, 3.8) is 0 Å². The van der Waals surface area contributed by atoms with Crippen LogP contribution in [0, 0.1) is 0 Å². The van der Waals surface area contributed by atoms with Gasteiger partial charge in [0.05, 0.1) is 0 Å². The molecule has 0 bridgehead atoms. The topological polar surface area (TPSA) is 122 Å². The summed E-state index contributed by atoms with van der Waals surface area (Å²) in [7, 11) is 0. The maximum atomic E-state index is 13.1. The first-order valence-corrected chi connectivity index (χ1v) is 9.41. The van der Waals surface area contributed by atoms with Gasteiger partial charge < -0.3 is 16.4 Å². The molecule has 1 aromatic carbocycles. The van der Waals surface area contributed by atoms with Gasteiger partial charge >= 0.3 is 0 Å². The molecule has 4 rings (SSSR count). The summed E-state index contributed by atoms with van der Waals surface area (Å²) < 4.78 is 0. The molecule has 3 aliphatic rings. The third-order valence-corrected chi connectivity index (χ3v) is 5.62. The van der Waals surface area contributed by atoms with E-state index in [2.05, 4.69) is 10.2 Å². The van der Waals surface area contributed by atoms with Gasteiger partial charge in [-0.25, -0.2) is 0 Å². The maximum Gasteiger partial charge on any atom is 0.255 e. The number of nitrogens with two attached hydrogens (primary N) is 2. The van der Waals surface area contributed by atoms with Gasteiger partial charge in [-0.1, -0.05) is 18.2 Å². The highest BCUT2D eigenvalue weighted by molar-refractivity contribution is 6.05. The minimum absolute atomic E-state index is 0.0428. The fourth-order valence-electron chi connectivity index (χ4n) is 4.47. The summed E-state index contributed by atoms with van der Waals surface area (Å²) in [4.78, 5) is 40.5. The lowest BCUT2D eigenvalue weighted by atomic mass is 9.99. The van der Waals surface area contributed by atoms with Gasteiger partial charge in [0.15, 0.2) is 0 Å². The first kappa shape index (κ1) is 18.1. The average Bonchev–Trinajstić information content (AvgIpc) is 2.92. The smallest absolute Gasteiger partial charge is 0.255 e. The molecule has 1 aromatic rings. The number of rotatable bonds is 3. The van der Waals surface area contributed by atoms with Gasteiger partial charge in [0, 0.05) is 50.2 Å². The molecule has 3 aliphatic heterocycles. The number of fused-ring (bicyclic) bond motifs is 1. The van der Waals surface area contributed by atoms with Crippen molar-refractivity contribution < 1.29 is 14.4 Å². The molecule has 0 saturated carbocycles. The Kier molecular flexibility index (Phi) is 4.71. The minimum Gasteiger partial charge on any atom is -0.326 e. The molecule has 2 saturated heterocycles. The van der Waals surface area contributed by atoms with Crippen LogP contribution in [-0.4, -0.2) is 58.7 Å². The second-order valence-corrected chi connectivity index (χ2v) is 7.80. The molecule has 8 nitrogen and oxygen atoms in total. The predicted octanol–water partition coefficient (Wildman–Crippen LogP) is -0.692. The highest BCUT2D eigenvalue weighted by atomic mass is 16.2. The van der Waals surface area contributed by atoms with Crippen molar-refractivity contribution in [1.29, 1.82) is 0 Å². The number of carbonyl (C=O) groups excluding carboxylic acids is 3. The van der Waals surface area contributed by atoms with Crippen molar-refractivity contribution in [2.45, 2.75) is 50.5 Å². The third kappa shape index (κ3) is 3.47. The Morgan fingerprint density at radius 2 is 1.85 bits per heavy atom. The number of likely N-dealkylation sites (tertiary alicyclic amines) is 1. The van der Waals surface area contributed by atoms with E-state index >= 15 is 0 Å². The van der Waals surface area contributed by atoms with Crippen LogP contribution in [-0.2, 0) is 22.7 Å². The number of benzene rings is 1. The fraction of sp³-hybridized carbons (Fsp3) is 0.526. The van der Waals surface area contributed by atoms with Crippen molar-refractivity contribution in [2.24, 2.45) is 11.5 Å². The lowest BCUT2D eigenvalue weighted by molar-refractivity contribution is -0.136. The zero-order valence-corrected chi connectivity index (χ0v) is 15.2. The Bertz CT molecular complexity index is 786. The molecule has 3 heterocycles. The summed E-state index contributed by atoms with van der Waals surface area (Å²) in [5.41, 5.74) is 14.7. The molecule has 8 heteroatoms. The van der Waals surface area contributed by atoms with Crippen LogP contribution in [0.1, 0.15) is 40.7 Å². The van der Waals surface area contributed by atoms with E-state index in [1.165, 1.54) is 0 Å². The number of imide groups is 1. The molecule has 2 fully saturated rings. The lowest BCUT2D eigenvalue weighted by Crippen LogP contribution is -2.52. The predicted molar refractivity (Wildman–Crippen MR) is 98.3 cm³/mol. The van der Waals surface area contributed by atoms with Crippen molar-refractivity contribution in [3.05, 3.63) is 34.9 Å². The molecule has 27 heavy (non-hydrogen) atoms. The number of nitrogens with one attached hydrogen (secondary N) is 1. The van der Waals surface area contributed by atoms with E-state index in [4.69, 9.17) is 11.5 Å². The Morgan fingerprint density at radius 1 is 1.11 bits per heavy atom. The third-order valence-electron chi connectivity index (χ3n) is 5.62. The zero-order valence-electron chi connectivity index (χ0n) is 15.2. The molecule has 0 spiro atoms. The highest BCUT2D eigenvalue weighted by Gasteiger charge is 2.40. The van der Waals surface area contributed by atoms with Gasteiger partial charge in [0.2, 0.25) is 11.8 Å². The van der Waals surface area contributed by atoms with Crippen LogP contribution in [0.2, 0.25) is 0 Å². The van der Waals surface area contributed by atoms with Crippen molar-refractivity contribution >= 4 is 17.7 Å². The molecule has 0 aromatic heterocycles. The van der Waals surface area contributed by atoms with E-state index in [1.54, 1.807) is 4.90 Å². The van der Waals surface area contributed by atoms with E-state index < -0.39 is 6.04 Å². The van der Waals surface area contributed by atoms with Gasteiger partial charge in [-0.15, -0.1) is 0 Å². The van der Waals surface area contributed by atoms with Crippen LogP contribution in [0.15, 0.2) is 18.2 Å². The molecule has 3 atom stereocenters. The van der Waals surface area contributed by atoms with E-state index in [9.17, 15) is 14.4 Å². The Balaban J connectivity index is 1.55. The van der Waals surface area contributed by atoms with Crippen LogP contribution >= 0.6 is 0 Å². The van der Waals surface area contributed by atoms with Gasteiger partial charge in [-0.3, -0.25) is 24.6 Å². The average molecular weight is 371 g/mol. The monoisotopic (exact) mass is 371 g/mol. The summed E-state index contributed by atoms with van der Waals surface area (Å²) in [5, 5.41) is 2.34. The summed E-state index contributed by atoms with van der Waals surface area (Å²) in [5.74, 6) is -0.804. The van der Waals surface area contributed by atoms with Crippen LogP contribution < -0.4 is 16.8 Å². The zero-order chi connectivity index (χ0) is 19.1. The van der Waals surface area contributed by atoms with E-state index in [0.29, 0.717) is 25.1 Å². The van der Waals surface area contributed by atoms with Gasteiger partial charge in [0.1, 0.15) is 6.04 Å². The molecule has 144 valence electrons. The normalized spacial score (nSPS) is 29.0. The Morgan fingerprint density at radius 3 is 2.56 bits per heavy atom. The van der Waals surface area contributed by atoms with Gasteiger partial charge in [0.25, 0.3) is 5.91 Å². The minimum atomic E-state index is -0.590. The van der Waals surface area contributed by atoms with Gasteiger partial charge in [-0.2, -0.15) is 0 Å². The maximum absolute atomic E-state index is 13.1. The number of amides is 3. The first-order valence-electron chi connectivity index (χ1n) is 9.41. The quantitative estimate of drug-likeness (QED) is 0.605. The van der Waals surface area contributed by atoms with Crippen molar-refractivity contribution in [3.8, 4) is 0 Å². The molecule has 5 N–H and O–H groups in total. The summed E-state index contributed by atoms with van der Waals surface area (Å²) in [6.45, 7) is 2.51. The number of hydrogen-bond acceptors (Lipinski definition) is 6. The van der Waals surface area contributed by atoms with E-state index in [1.807, 2.05) is 18.2 Å². The largest absolute Gasteiger partial charge is 0.326 e. The van der Waals surface area contributed by atoms with Crippen LogP contribution in [0.5, 0.6) is 0 Å². The van der Waals surface area contributed by atoms with E-state index in [-0.39, 0.29) is 36.2 Å². The molecule has 0 radical (unpaired) electrons. The molecule has 1 unspecified atom stereocenters. The Hall–Kier alpha value is -2.29. The number of piperidine rings is 2. The van der Waals surface area contributed by atoms with Crippen LogP contribution in [0.4, 0.5) is 0 Å². The van der Waals surface area contributed by atoms with Crippen LogP contribution in [0.3, 0.4) is 0 Å². The first-order chi connectivity index (χ1) is 12.9. The second-order valence-electron chi connectivity index (χ2n) is 7.80.